The molecule has 4 rings (SSSR count). The molecule has 0 fully saturated rings. The van der Waals surface area contributed by atoms with Crippen LogP contribution in [-0.2, 0) is 13.0 Å². The number of halogens is 1. The Kier molecular flexibility index (Phi) is 4.61. The van der Waals surface area contributed by atoms with Gasteiger partial charge in [0.05, 0.1) is 0 Å². The molecule has 0 unspecified atom stereocenters. The zero-order valence-corrected chi connectivity index (χ0v) is 16.0. The molecule has 0 aliphatic carbocycles. The van der Waals surface area contributed by atoms with Gasteiger partial charge in [0.15, 0.2) is 10.8 Å². The van der Waals surface area contributed by atoms with E-state index in [-0.39, 0.29) is 0 Å². The standard InChI is InChI=1S/C19H17ClN4OS/c1-12-3-4-13(2)16(9-12)25-11-18-23-24-17(21-22-19(24)26-18)10-14-5-7-15(20)8-6-14/h3-9H,10-11H2,1-2H3. The predicted molar refractivity (Wildman–Crippen MR) is 103 cm³/mol. The monoisotopic (exact) mass is 384 g/mol. The molecule has 0 atom stereocenters. The maximum atomic E-state index is 5.95. The van der Waals surface area contributed by atoms with Crippen molar-refractivity contribution >= 4 is 27.9 Å². The van der Waals surface area contributed by atoms with Crippen LogP contribution in [0.1, 0.15) is 27.5 Å². The highest BCUT2D eigenvalue weighted by atomic mass is 35.5. The van der Waals surface area contributed by atoms with E-state index >= 15 is 0 Å². The van der Waals surface area contributed by atoms with E-state index in [1.165, 1.54) is 16.9 Å². The zero-order chi connectivity index (χ0) is 18.1. The first-order chi connectivity index (χ1) is 12.6. The largest absolute Gasteiger partial charge is 0.486 e. The Morgan fingerprint density at radius 3 is 2.69 bits per heavy atom. The Bertz CT molecular complexity index is 1060. The number of ether oxygens (including phenoxy) is 1. The average Bonchev–Trinajstić information content (AvgIpc) is 3.19. The molecule has 26 heavy (non-hydrogen) atoms. The Labute approximate surface area is 160 Å². The Morgan fingerprint density at radius 2 is 1.88 bits per heavy atom. The summed E-state index contributed by atoms with van der Waals surface area (Å²) in [7, 11) is 0. The second-order valence-electron chi connectivity index (χ2n) is 6.17. The maximum Gasteiger partial charge on any atom is 0.234 e. The van der Waals surface area contributed by atoms with Crippen molar-refractivity contribution in [3.05, 3.63) is 75.0 Å². The molecule has 0 aliphatic heterocycles. The summed E-state index contributed by atoms with van der Waals surface area (Å²) < 4.78 is 7.74. The number of benzene rings is 2. The van der Waals surface area contributed by atoms with E-state index in [1.807, 2.05) is 37.3 Å². The Balaban J connectivity index is 1.52. The van der Waals surface area contributed by atoms with Crippen molar-refractivity contribution in [1.29, 1.82) is 0 Å². The average molecular weight is 385 g/mol. The topological polar surface area (TPSA) is 52.3 Å². The summed E-state index contributed by atoms with van der Waals surface area (Å²) in [5.41, 5.74) is 3.40. The molecule has 0 saturated carbocycles. The van der Waals surface area contributed by atoms with E-state index in [0.29, 0.717) is 13.0 Å². The van der Waals surface area contributed by atoms with E-state index in [4.69, 9.17) is 16.3 Å². The fourth-order valence-electron chi connectivity index (χ4n) is 2.65. The van der Waals surface area contributed by atoms with E-state index in [9.17, 15) is 0 Å². The molecule has 2 aromatic carbocycles. The van der Waals surface area contributed by atoms with Crippen LogP contribution in [0.5, 0.6) is 5.75 Å². The first-order valence-corrected chi connectivity index (χ1v) is 9.42. The number of fused-ring (bicyclic) bond motifs is 1. The molecular weight excluding hydrogens is 368 g/mol. The number of nitrogens with zero attached hydrogens (tertiary/aromatic N) is 4. The zero-order valence-electron chi connectivity index (χ0n) is 14.4. The van der Waals surface area contributed by atoms with Crippen molar-refractivity contribution in [2.45, 2.75) is 26.9 Å². The molecule has 0 amide bonds. The molecule has 2 heterocycles. The van der Waals surface area contributed by atoms with Gasteiger partial charge in [-0.1, -0.05) is 47.2 Å². The molecule has 132 valence electrons. The van der Waals surface area contributed by atoms with Gasteiger partial charge in [0.2, 0.25) is 4.96 Å². The fraction of sp³-hybridized carbons (Fsp3) is 0.211. The van der Waals surface area contributed by atoms with E-state index in [0.717, 1.165) is 37.7 Å². The van der Waals surface area contributed by atoms with E-state index in [2.05, 4.69) is 34.4 Å². The summed E-state index contributed by atoms with van der Waals surface area (Å²) in [6, 6.07) is 13.9. The van der Waals surface area contributed by atoms with Crippen molar-refractivity contribution in [3.63, 3.8) is 0 Å². The van der Waals surface area contributed by atoms with Gasteiger partial charge in [-0.15, -0.1) is 10.2 Å². The molecule has 0 spiro atoms. The summed E-state index contributed by atoms with van der Waals surface area (Å²) in [5.74, 6) is 1.69. The van der Waals surface area contributed by atoms with Crippen LogP contribution in [0.3, 0.4) is 0 Å². The minimum absolute atomic E-state index is 0.415. The summed E-state index contributed by atoms with van der Waals surface area (Å²) in [6.45, 7) is 4.51. The van der Waals surface area contributed by atoms with Crippen LogP contribution in [-0.4, -0.2) is 19.8 Å². The molecule has 5 nitrogen and oxygen atoms in total. The van der Waals surface area contributed by atoms with E-state index in [1.54, 1.807) is 4.52 Å². The lowest BCUT2D eigenvalue weighted by atomic mass is 10.1. The lowest BCUT2D eigenvalue weighted by Gasteiger charge is -2.08. The van der Waals surface area contributed by atoms with Gasteiger partial charge in [0, 0.05) is 11.4 Å². The van der Waals surface area contributed by atoms with Gasteiger partial charge in [-0.3, -0.25) is 0 Å². The number of aromatic nitrogens is 4. The Hall–Kier alpha value is -2.44. The van der Waals surface area contributed by atoms with Crippen LogP contribution >= 0.6 is 22.9 Å². The van der Waals surface area contributed by atoms with Crippen LogP contribution < -0.4 is 4.74 Å². The van der Waals surface area contributed by atoms with Crippen molar-refractivity contribution < 1.29 is 4.74 Å². The van der Waals surface area contributed by atoms with Crippen molar-refractivity contribution in [1.82, 2.24) is 19.8 Å². The van der Waals surface area contributed by atoms with Gasteiger partial charge < -0.3 is 4.74 Å². The van der Waals surface area contributed by atoms with Crippen LogP contribution in [0.25, 0.3) is 4.96 Å². The van der Waals surface area contributed by atoms with Gasteiger partial charge in [0.25, 0.3) is 0 Å². The molecule has 0 bridgehead atoms. The Morgan fingerprint density at radius 1 is 1.08 bits per heavy atom. The molecule has 2 aromatic heterocycles. The SMILES string of the molecule is Cc1ccc(C)c(OCc2nn3c(Cc4ccc(Cl)cc4)nnc3s2)c1. The normalized spacial score (nSPS) is 11.2. The van der Waals surface area contributed by atoms with Crippen LogP contribution in [0.2, 0.25) is 5.02 Å². The minimum atomic E-state index is 0.415. The van der Waals surface area contributed by atoms with Crippen LogP contribution in [0.15, 0.2) is 42.5 Å². The quantitative estimate of drug-likeness (QED) is 0.503. The summed E-state index contributed by atoms with van der Waals surface area (Å²) in [5, 5.41) is 14.7. The fourth-order valence-corrected chi connectivity index (χ4v) is 3.54. The van der Waals surface area contributed by atoms with Crippen molar-refractivity contribution in [3.8, 4) is 5.75 Å². The summed E-state index contributed by atoms with van der Waals surface area (Å²) in [6.07, 6.45) is 0.652. The minimum Gasteiger partial charge on any atom is -0.486 e. The lowest BCUT2D eigenvalue weighted by molar-refractivity contribution is 0.301. The molecule has 0 saturated heterocycles. The molecular formula is C19H17ClN4OS. The second kappa shape index (κ2) is 7.05. The van der Waals surface area contributed by atoms with Gasteiger partial charge in [0.1, 0.15) is 12.4 Å². The highest BCUT2D eigenvalue weighted by molar-refractivity contribution is 7.16. The van der Waals surface area contributed by atoms with Gasteiger partial charge in [-0.2, -0.15) is 9.61 Å². The maximum absolute atomic E-state index is 5.95. The van der Waals surface area contributed by atoms with Crippen LogP contribution in [0.4, 0.5) is 0 Å². The molecule has 0 radical (unpaired) electrons. The smallest absolute Gasteiger partial charge is 0.234 e. The molecule has 0 aliphatic rings. The first kappa shape index (κ1) is 17.0. The molecule has 4 aromatic rings. The van der Waals surface area contributed by atoms with Crippen molar-refractivity contribution in [2.75, 3.05) is 0 Å². The first-order valence-electron chi connectivity index (χ1n) is 8.23. The number of aryl methyl sites for hydroxylation is 2. The van der Waals surface area contributed by atoms with Gasteiger partial charge in [-0.05, 0) is 48.7 Å². The summed E-state index contributed by atoms with van der Waals surface area (Å²) >= 11 is 7.43. The van der Waals surface area contributed by atoms with Crippen LogP contribution in [0, 0.1) is 13.8 Å². The van der Waals surface area contributed by atoms with Crippen molar-refractivity contribution in [2.24, 2.45) is 0 Å². The number of hydrogen-bond donors (Lipinski definition) is 0. The number of hydrogen-bond acceptors (Lipinski definition) is 5. The molecule has 7 heteroatoms. The molecule has 0 N–H and O–H groups in total. The van der Waals surface area contributed by atoms with E-state index < -0.39 is 0 Å². The summed E-state index contributed by atoms with van der Waals surface area (Å²) in [4.78, 5) is 0.772. The third kappa shape index (κ3) is 3.57. The third-order valence-electron chi connectivity index (χ3n) is 4.07. The highest BCUT2D eigenvalue weighted by Gasteiger charge is 2.13. The highest BCUT2D eigenvalue weighted by Crippen LogP contribution is 2.22. The second-order valence-corrected chi connectivity index (χ2v) is 7.64. The number of rotatable bonds is 5. The van der Waals surface area contributed by atoms with Gasteiger partial charge in [-0.25, -0.2) is 0 Å². The predicted octanol–water partition coefficient (Wildman–Crippen LogP) is 4.63. The third-order valence-corrected chi connectivity index (χ3v) is 5.19. The lowest BCUT2D eigenvalue weighted by Crippen LogP contribution is -2.01. The van der Waals surface area contributed by atoms with Gasteiger partial charge >= 0.3 is 0 Å².